The number of hydrogen-bond acceptors (Lipinski definition) is 3. The maximum absolute atomic E-state index is 5.92. The van der Waals surface area contributed by atoms with E-state index >= 15 is 0 Å². The van der Waals surface area contributed by atoms with E-state index in [2.05, 4.69) is 38.7 Å². The molecule has 0 saturated heterocycles. The molecular formula is C17H28N2OS. The highest BCUT2D eigenvalue weighted by atomic mass is 32.1. The molecule has 118 valence electrons. The number of nitrogens with two attached hydrogens (primary N) is 1. The van der Waals surface area contributed by atoms with Crippen molar-refractivity contribution in [2.24, 2.45) is 11.7 Å². The predicted molar refractivity (Wildman–Crippen MR) is 95.4 cm³/mol. The fourth-order valence-electron chi connectivity index (χ4n) is 2.65. The highest BCUT2D eigenvalue weighted by Gasteiger charge is 2.21. The van der Waals surface area contributed by atoms with Crippen LogP contribution in [0.2, 0.25) is 0 Å². The lowest BCUT2D eigenvalue weighted by Crippen LogP contribution is -2.38. The first-order valence-corrected chi connectivity index (χ1v) is 8.09. The molecule has 0 bridgehead atoms. The van der Waals surface area contributed by atoms with Gasteiger partial charge in [0.25, 0.3) is 0 Å². The van der Waals surface area contributed by atoms with Gasteiger partial charge in [-0.2, -0.15) is 0 Å². The number of thiocarbonyl (C=S) groups is 1. The molecule has 1 aromatic rings. The van der Waals surface area contributed by atoms with Crippen LogP contribution >= 0.6 is 12.2 Å². The van der Waals surface area contributed by atoms with Crippen LogP contribution in [0, 0.1) is 5.92 Å². The quantitative estimate of drug-likeness (QED) is 0.737. The Hall–Kier alpha value is -1.29. The maximum atomic E-state index is 5.92. The first kappa shape index (κ1) is 17.8. The topological polar surface area (TPSA) is 38.5 Å². The molecule has 0 aliphatic carbocycles. The molecule has 0 fully saturated rings. The third-order valence-corrected chi connectivity index (χ3v) is 3.94. The lowest BCUT2D eigenvalue weighted by molar-refractivity contribution is 0.414. The van der Waals surface area contributed by atoms with Crippen LogP contribution in [-0.2, 0) is 0 Å². The lowest BCUT2D eigenvalue weighted by atomic mass is 10.0. The molecule has 0 unspecified atom stereocenters. The van der Waals surface area contributed by atoms with Crippen LogP contribution in [-0.4, -0.2) is 24.7 Å². The minimum atomic E-state index is 0.437. The third kappa shape index (κ3) is 4.60. The van der Waals surface area contributed by atoms with Crippen LogP contribution in [0.5, 0.6) is 5.75 Å². The van der Waals surface area contributed by atoms with Crippen LogP contribution in [0.4, 0.5) is 5.69 Å². The van der Waals surface area contributed by atoms with Crippen LogP contribution in [0.25, 0.3) is 0 Å². The van der Waals surface area contributed by atoms with E-state index in [4.69, 9.17) is 22.7 Å². The van der Waals surface area contributed by atoms with Crippen molar-refractivity contribution in [3.8, 4) is 5.75 Å². The van der Waals surface area contributed by atoms with Gasteiger partial charge in [0.05, 0.1) is 12.8 Å². The van der Waals surface area contributed by atoms with Gasteiger partial charge in [-0.3, -0.25) is 0 Å². The molecule has 4 heteroatoms. The van der Waals surface area contributed by atoms with E-state index in [1.54, 1.807) is 7.11 Å². The van der Waals surface area contributed by atoms with E-state index < -0.39 is 0 Å². The summed E-state index contributed by atoms with van der Waals surface area (Å²) in [5.74, 6) is 1.40. The summed E-state index contributed by atoms with van der Waals surface area (Å²) in [6.07, 6.45) is 2.19. The first-order valence-electron chi connectivity index (χ1n) is 7.68. The molecule has 0 amide bonds. The predicted octanol–water partition coefficient (Wildman–Crippen LogP) is 3.98. The zero-order chi connectivity index (χ0) is 16.0. The SMILES string of the molecule is CCC(CC)N(CC(C)C)c1cc(OC)ccc1C(N)=S. The highest BCUT2D eigenvalue weighted by Crippen LogP contribution is 2.30. The van der Waals surface area contributed by atoms with E-state index in [0.29, 0.717) is 16.9 Å². The zero-order valence-corrected chi connectivity index (χ0v) is 14.7. The van der Waals surface area contributed by atoms with E-state index in [-0.39, 0.29) is 0 Å². The van der Waals surface area contributed by atoms with Gasteiger partial charge in [-0.05, 0) is 30.9 Å². The van der Waals surface area contributed by atoms with Gasteiger partial charge >= 0.3 is 0 Å². The Morgan fingerprint density at radius 1 is 1.29 bits per heavy atom. The van der Waals surface area contributed by atoms with Crippen molar-refractivity contribution in [2.75, 3.05) is 18.6 Å². The summed E-state index contributed by atoms with van der Waals surface area (Å²) in [6, 6.07) is 6.41. The minimum absolute atomic E-state index is 0.437. The molecule has 1 aromatic carbocycles. The van der Waals surface area contributed by atoms with Gasteiger partial charge < -0.3 is 15.4 Å². The number of methoxy groups -OCH3 is 1. The molecule has 0 radical (unpaired) electrons. The molecule has 0 aliphatic rings. The standard InChI is InChI=1S/C17H28N2OS/c1-6-13(7-2)19(11-12(3)4)16-10-14(20-5)8-9-15(16)17(18)21/h8-10,12-13H,6-7,11H2,1-5H3,(H2,18,21). The number of hydrogen-bond donors (Lipinski definition) is 1. The molecule has 3 nitrogen and oxygen atoms in total. The monoisotopic (exact) mass is 308 g/mol. The number of ether oxygens (including phenoxy) is 1. The van der Waals surface area contributed by atoms with Gasteiger partial charge in [0.15, 0.2) is 0 Å². The minimum Gasteiger partial charge on any atom is -0.497 e. The van der Waals surface area contributed by atoms with E-state index in [0.717, 1.165) is 36.4 Å². The average molecular weight is 308 g/mol. The smallest absolute Gasteiger partial charge is 0.120 e. The van der Waals surface area contributed by atoms with E-state index in [1.165, 1.54) is 0 Å². The van der Waals surface area contributed by atoms with Crippen LogP contribution in [0.1, 0.15) is 46.1 Å². The second kappa shape index (κ2) is 8.23. The van der Waals surface area contributed by atoms with Crippen molar-refractivity contribution in [1.29, 1.82) is 0 Å². The van der Waals surface area contributed by atoms with Gasteiger partial charge in [0.2, 0.25) is 0 Å². The average Bonchev–Trinajstić information content (AvgIpc) is 2.46. The molecule has 0 saturated carbocycles. The third-order valence-electron chi connectivity index (χ3n) is 3.72. The molecule has 0 heterocycles. The largest absolute Gasteiger partial charge is 0.497 e. The molecular weight excluding hydrogens is 280 g/mol. The molecule has 0 spiro atoms. The van der Waals surface area contributed by atoms with Crippen LogP contribution in [0.15, 0.2) is 18.2 Å². The van der Waals surface area contributed by atoms with Crippen molar-refractivity contribution in [3.63, 3.8) is 0 Å². The zero-order valence-electron chi connectivity index (χ0n) is 13.8. The van der Waals surface area contributed by atoms with Crippen LogP contribution < -0.4 is 15.4 Å². The van der Waals surface area contributed by atoms with Crippen molar-refractivity contribution >= 4 is 22.9 Å². The first-order chi connectivity index (χ1) is 9.94. The van der Waals surface area contributed by atoms with Gasteiger partial charge in [-0.15, -0.1) is 0 Å². The summed E-state index contributed by atoms with van der Waals surface area (Å²) in [4.78, 5) is 2.87. The van der Waals surface area contributed by atoms with Crippen molar-refractivity contribution in [2.45, 2.75) is 46.6 Å². The fourth-order valence-corrected chi connectivity index (χ4v) is 2.82. The Bertz CT molecular complexity index is 470. The Morgan fingerprint density at radius 3 is 2.33 bits per heavy atom. The van der Waals surface area contributed by atoms with Gasteiger partial charge in [0, 0.05) is 24.2 Å². The Balaban J connectivity index is 3.35. The van der Waals surface area contributed by atoms with Crippen molar-refractivity contribution in [3.05, 3.63) is 23.8 Å². The van der Waals surface area contributed by atoms with Gasteiger partial charge in [-0.25, -0.2) is 0 Å². The molecule has 0 aliphatic heterocycles. The molecule has 1 rings (SSSR count). The number of anilines is 1. The summed E-state index contributed by atoms with van der Waals surface area (Å²) in [5.41, 5.74) is 7.94. The summed E-state index contributed by atoms with van der Waals surface area (Å²) < 4.78 is 5.38. The number of nitrogens with zero attached hydrogens (tertiary/aromatic N) is 1. The normalized spacial score (nSPS) is 11.0. The van der Waals surface area contributed by atoms with Crippen molar-refractivity contribution < 1.29 is 4.74 Å². The lowest BCUT2D eigenvalue weighted by Gasteiger charge is -2.35. The van der Waals surface area contributed by atoms with Gasteiger partial charge in [0.1, 0.15) is 10.7 Å². The maximum Gasteiger partial charge on any atom is 0.120 e. The fraction of sp³-hybridized carbons (Fsp3) is 0.588. The molecule has 21 heavy (non-hydrogen) atoms. The number of benzene rings is 1. The van der Waals surface area contributed by atoms with Crippen molar-refractivity contribution in [1.82, 2.24) is 0 Å². The highest BCUT2D eigenvalue weighted by molar-refractivity contribution is 7.80. The summed E-state index contributed by atoms with van der Waals surface area (Å²) >= 11 is 5.23. The molecule has 0 atom stereocenters. The van der Waals surface area contributed by atoms with Crippen LogP contribution in [0.3, 0.4) is 0 Å². The van der Waals surface area contributed by atoms with E-state index in [1.807, 2.05) is 12.1 Å². The Morgan fingerprint density at radius 2 is 1.90 bits per heavy atom. The summed E-state index contributed by atoms with van der Waals surface area (Å²) in [7, 11) is 1.68. The Labute approximate surface area is 134 Å². The van der Waals surface area contributed by atoms with Gasteiger partial charge in [-0.1, -0.05) is 39.9 Å². The molecule has 2 N–H and O–H groups in total. The second-order valence-electron chi connectivity index (χ2n) is 5.76. The summed E-state index contributed by atoms with van der Waals surface area (Å²) in [5, 5.41) is 0. The summed E-state index contributed by atoms with van der Waals surface area (Å²) in [6.45, 7) is 9.89. The Kier molecular flexibility index (Phi) is 6.96. The second-order valence-corrected chi connectivity index (χ2v) is 6.20. The molecule has 0 aromatic heterocycles. The van der Waals surface area contributed by atoms with E-state index in [9.17, 15) is 0 Å². The number of rotatable bonds is 8.